The zero-order valence-electron chi connectivity index (χ0n) is 12.5. The van der Waals surface area contributed by atoms with Gasteiger partial charge in [0.25, 0.3) is 0 Å². The summed E-state index contributed by atoms with van der Waals surface area (Å²) in [6.45, 7) is 6.01. The van der Waals surface area contributed by atoms with Gasteiger partial charge >= 0.3 is 0 Å². The summed E-state index contributed by atoms with van der Waals surface area (Å²) in [5.74, 6) is 2.38. The average Bonchev–Trinajstić information content (AvgIpc) is 2.47. The fourth-order valence-corrected chi connectivity index (χ4v) is 2.00. The van der Waals surface area contributed by atoms with Crippen LogP contribution in [0.2, 0.25) is 0 Å². The third-order valence-electron chi connectivity index (χ3n) is 2.87. The minimum absolute atomic E-state index is 0.740. The van der Waals surface area contributed by atoms with Crippen molar-refractivity contribution in [2.24, 2.45) is 0 Å². The minimum Gasteiger partial charge on any atom is -0.496 e. The summed E-state index contributed by atoms with van der Waals surface area (Å²) in [6, 6.07) is 7.96. The van der Waals surface area contributed by atoms with Crippen LogP contribution in [0.3, 0.4) is 0 Å². The Kier molecular flexibility index (Phi) is 5.49. The van der Waals surface area contributed by atoms with E-state index in [0.29, 0.717) is 0 Å². The smallest absolute Gasteiger partial charge is 0.168 e. The fraction of sp³-hybridized carbons (Fsp3) is 0.375. The van der Waals surface area contributed by atoms with Gasteiger partial charge in [-0.2, -0.15) is 0 Å². The van der Waals surface area contributed by atoms with Crippen molar-refractivity contribution in [2.45, 2.75) is 20.8 Å². The largest absolute Gasteiger partial charge is 0.496 e. The summed E-state index contributed by atoms with van der Waals surface area (Å²) in [7, 11) is 4.96. The highest BCUT2D eigenvalue weighted by Gasteiger charge is 2.10. The molecule has 0 aromatic heterocycles. The molecule has 0 amide bonds. The van der Waals surface area contributed by atoms with Crippen LogP contribution in [-0.4, -0.2) is 21.3 Å². The number of hydrogen-bond donors (Lipinski definition) is 0. The lowest BCUT2D eigenvalue weighted by atomic mass is 10.1. The maximum Gasteiger partial charge on any atom is 0.168 e. The van der Waals surface area contributed by atoms with E-state index < -0.39 is 0 Å². The van der Waals surface area contributed by atoms with Gasteiger partial charge in [-0.3, -0.25) is 0 Å². The lowest BCUT2D eigenvalue weighted by Crippen LogP contribution is -1.93. The molecule has 0 unspecified atom stereocenters. The molecule has 0 saturated carbocycles. The van der Waals surface area contributed by atoms with Gasteiger partial charge in [0, 0.05) is 5.39 Å². The molecule has 0 saturated heterocycles. The van der Waals surface area contributed by atoms with Crippen LogP contribution in [0.4, 0.5) is 0 Å². The van der Waals surface area contributed by atoms with Crippen LogP contribution < -0.4 is 14.2 Å². The third-order valence-corrected chi connectivity index (χ3v) is 2.87. The molecule has 0 spiro atoms. The van der Waals surface area contributed by atoms with Gasteiger partial charge in [0.1, 0.15) is 5.75 Å². The van der Waals surface area contributed by atoms with Crippen molar-refractivity contribution in [1.29, 1.82) is 0 Å². The molecule has 2 aromatic rings. The van der Waals surface area contributed by atoms with Crippen molar-refractivity contribution in [3.8, 4) is 17.2 Å². The second kappa shape index (κ2) is 6.88. The molecular formula is C16H22O3. The van der Waals surface area contributed by atoms with Crippen LogP contribution in [0.1, 0.15) is 19.4 Å². The molecule has 0 radical (unpaired) electrons. The quantitative estimate of drug-likeness (QED) is 0.829. The highest BCUT2D eigenvalue weighted by Crippen LogP contribution is 2.37. The Bertz CT molecular complexity index is 547. The van der Waals surface area contributed by atoms with Crippen molar-refractivity contribution in [2.75, 3.05) is 21.3 Å². The van der Waals surface area contributed by atoms with Gasteiger partial charge < -0.3 is 14.2 Å². The Hall–Kier alpha value is -1.90. The zero-order chi connectivity index (χ0) is 14.4. The summed E-state index contributed by atoms with van der Waals surface area (Å²) in [6.07, 6.45) is 0. The van der Waals surface area contributed by atoms with E-state index in [1.807, 2.05) is 39.0 Å². The van der Waals surface area contributed by atoms with Crippen molar-refractivity contribution < 1.29 is 14.2 Å². The predicted molar refractivity (Wildman–Crippen MR) is 79.7 cm³/mol. The normalized spacial score (nSPS) is 9.58. The van der Waals surface area contributed by atoms with Gasteiger partial charge in [-0.1, -0.05) is 19.9 Å². The van der Waals surface area contributed by atoms with Crippen LogP contribution in [0.15, 0.2) is 24.3 Å². The first-order valence-corrected chi connectivity index (χ1v) is 6.40. The van der Waals surface area contributed by atoms with E-state index in [9.17, 15) is 0 Å². The molecule has 3 heteroatoms. The Morgan fingerprint density at radius 2 is 1.42 bits per heavy atom. The first-order valence-electron chi connectivity index (χ1n) is 6.40. The monoisotopic (exact) mass is 262 g/mol. The number of rotatable bonds is 3. The molecule has 0 aliphatic heterocycles. The Morgan fingerprint density at radius 3 is 1.95 bits per heavy atom. The molecule has 0 fully saturated rings. The van der Waals surface area contributed by atoms with E-state index in [2.05, 4.69) is 6.07 Å². The molecule has 2 aromatic carbocycles. The first kappa shape index (κ1) is 15.2. The van der Waals surface area contributed by atoms with E-state index >= 15 is 0 Å². The molecule has 19 heavy (non-hydrogen) atoms. The minimum atomic E-state index is 0.740. The standard InChI is InChI=1S/C14H16O3.C2H6/c1-9-7-11-10(8-13(9)16-3)5-6-12(15-2)14(11)17-4;1-2/h5-8H,1-4H3;1-2H3. The lowest BCUT2D eigenvalue weighted by molar-refractivity contribution is 0.358. The Balaban J connectivity index is 0.000000861. The number of aryl methyl sites for hydroxylation is 1. The summed E-state index contributed by atoms with van der Waals surface area (Å²) in [5, 5.41) is 2.11. The van der Waals surface area contributed by atoms with Crippen molar-refractivity contribution in [3.05, 3.63) is 29.8 Å². The number of hydrogen-bond acceptors (Lipinski definition) is 3. The molecule has 0 aliphatic rings. The Morgan fingerprint density at radius 1 is 0.789 bits per heavy atom. The van der Waals surface area contributed by atoms with E-state index in [0.717, 1.165) is 33.6 Å². The third kappa shape index (κ3) is 2.92. The summed E-state index contributed by atoms with van der Waals surface area (Å²) < 4.78 is 16.0. The highest BCUT2D eigenvalue weighted by molar-refractivity contribution is 5.92. The molecule has 0 bridgehead atoms. The summed E-state index contributed by atoms with van der Waals surface area (Å²) in [4.78, 5) is 0. The summed E-state index contributed by atoms with van der Waals surface area (Å²) in [5.41, 5.74) is 1.08. The van der Waals surface area contributed by atoms with Gasteiger partial charge in [0.2, 0.25) is 0 Å². The van der Waals surface area contributed by atoms with E-state index in [1.54, 1.807) is 21.3 Å². The molecule has 0 aliphatic carbocycles. The first-order chi connectivity index (χ1) is 9.21. The maximum absolute atomic E-state index is 5.41. The van der Waals surface area contributed by atoms with Gasteiger partial charge in [0.15, 0.2) is 11.5 Å². The van der Waals surface area contributed by atoms with Crippen LogP contribution >= 0.6 is 0 Å². The van der Waals surface area contributed by atoms with Crippen LogP contribution in [0.25, 0.3) is 10.8 Å². The molecule has 2 rings (SSSR count). The number of methoxy groups -OCH3 is 3. The maximum atomic E-state index is 5.41. The molecule has 0 atom stereocenters. The molecular weight excluding hydrogens is 240 g/mol. The Labute approximate surface area is 115 Å². The zero-order valence-corrected chi connectivity index (χ0v) is 12.5. The SMILES string of the molecule is CC.COc1cc2ccc(OC)c(OC)c2cc1C. The molecule has 0 N–H and O–H groups in total. The van der Waals surface area contributed by atoms with Crippen LogP contribution in [0, 0.1) is 6.92 Å². The van der Waals surface area contributed by atoms with E-state index in [-0.39, 0.29) is 0 Å². The molecule has 104 valence electrons. The van der Waals surface area contributed by atoms with Gasteiger partial charge in [-0.15, -0.1) is 0 Å². The topological polar surface area (TPSA) is 27.7 Å². The number of ether oxygens (including phenoxy) is 3. The van der Waals surface area contributed by atoms with Crippen LogP contribution in [-0.2, 0) is 0 Å². The average molecular weight is 262 g/mol. The van der Waals surface area contributed by atoms with Crippen LogP contribution in [0.5, 0.6) is 17.2 Å². The molecule has 3 nitrogen and oxygen atoms in total. The molecule has 0 heterocycles. The number of benzene rings is 2. The predicted octanol–water partition coefficient (Wildman–Crippen LogP) is 4.20. The van der Waals surface area contributed by atoms with E-state index in [4.69, 9.17) is 14.2 Å². The van der Waals surface area contributed by atoms with Crippen molar-refractivity contribution >= 4 is 10.8 Å². The van der Waals surface area contributed by atoms with Crippen molar-refractivity contribution in [3.63, 3.8) is 0 Å². The lowest BCUT2D eigenvalue weighted by Gasteiger charge is -2.13. The van der Waals surface area contributed by atoms with Gasteiger partial charge in [-0.05, 0) is 36.1 Å². The second-order valence-corrected chi connectivity index (χ2v) is 3.84. The number of fused-ring (bicyclic) bond motifs is 1. The van der Waals surface area contributed by atoms with Gasteiger partial charge in [0.05, 0.1) is 21.3 Å². The summed E-state index contributed by atoms with van der Waals surface area (Å²) >= 11 is 0. The van der Waals surface area contributed by atoms with Gasteiger partial charge in [-0.25, -0.2) is 0 Å². The second-order valence-electron chi connectivity index (χ2n) is 3.84. The van der Waals surface area contributed by atoms with E-state index in [1.165, 1.54) is 0 Å². The van der Waals surface area contributed by atoms with Crippen molar-refractivity contribution in [1.82, 2.24) is 0 Å². The fourth-order valence-electron chi connectivity index (χ4n) is 2.00. The highest BCUT2D eigenvalue weighted by atomic mass is 16.5.